The zero-order chi connectivity index (χ0) is 14.9. The second-order valence-corrected chi connectivity index (χ2v) is 4.34. The lowest BCUT2D eigenvalue weighted by Gasteiger charge is -2.08. The lowest BCUT2D eigenvalue weighted by molar-refractivity contribution is -0.127. The van der Waals surface area contributed by atoms with Crippen molar-refractivity contribution in [3.8, 4) is 11.3 Å². The van der Waals surface area contributed by atoms with Crippen molar-refractivity contribution in [3.63, 3.8) is 0 Å². The van der Waals surface area contributed by atoms with Crippen molar-refractivity contribution in [2.45, 2.75) is 12.6 Å². The van der Waals surface area contributed by atoms with Gasteiger partial charge in [0.1, 0.15) is 0 Å². The van der Waals surface area contributed by atoms with Crippen LogP contribution < -0.4 is 0 Å². The van der Waals surface area contributed by atoms with Gasteiger partial charge in [0.15, 0.2) is 5.69 Å². The fourth-order valence-corrected chi connectivity index (χ4v) is 1.91. The van der Waals surface area contributed by atoms with Crippen LogP contribution >= 0.6 is 0 Å². The molecule has 0 fully saturated rings. The second-order valence-electron chi connectivity index (χ2n) is 4.34. The number of benzene rings is 1. The number of halogens is 3. The first-order valence-electron chi connectivity index (χ1n) is 5.69. The molecule has 0 aliphatic carbocycles. The van der Waals surface area contributed by atoms with Gasteiger partial charge in [0.25, 0.3) is 0 Å². The van der Waals surface area contributed by atoms with Crippen molar-refractivity contribution in [1.82, 2.24) is 9.78 Å². The van der Waals surface area contributed by atoms with Crippen molar-refractivity contribution < 1.29 is 23.1 Å². The zero-order valence-electron chi connectivity index (χ0n) is 10.5. The van der Waals surface area contributed by atoms with Crippen molar-refractivity contribution in [2.24, 2.45) is 7.05 Å². The largest absolute Gasteiger partial charge is 0.476 e. The maximum absolute atomic E-state index is 12.4. The Morgan fingerprint density at radius 1 is 1.35 bits per heavy atom. The van der Waals surface area contributed by atoms with E-state index in [0.717, 1.165) is 0 Å². The zero-order valence-corrected chi connectivity index (χ0v) is 10.5. The fourth-order valence-electron chi connectivity index (χ4n) is 1.91. The van der Waals surface area contributed by atoms with E-state index in [1.807, 2.05) is 0 Å². The van der Waals surface area contributed by atoms with E-state index >= 15 is 0 Å². The lowest BCUT2D eigenvalue weighted by atomic mass is 10.1. The Bertz CT molecular complexity index is 647. The number of carboxylic acid groups (broad SMARTS) is 1. The van der Waals surface area contributed by atoms with E-state index in [2.05, 4.69) is 5.10 Å². The van der Waals surface area contributed by atoms with Gasteiger partial charge < -0.3 is 5.11 Å². The van der Waals surface area contributed by atoms with Gasteiger partial charge in [0.2, 0.25) is 0 Å². The highest BCUT2D eigenvalue weighted by Gasteiger charge is 2.27. The molecule has 4 nitrogen and oxygen atoms in total. The van der Waals surface area contributed by atoms with Crippen molar-refractivity contribution >= 4 is 5.97 Å². The first kappa shape index (κ1) is 14.1. The Morgan fingerprint density at radius 2 is 2.05 bits per heavy atom. The summed E-state index contributed by atoms with van der Waals surface area (Å²) in [6.07, 6.45) is -5.30. The Hall–Kier alpha value is -2.31. The van der Waals surface area contributed by atoms with E-state index in [-0.39, 0.29) is 11.3 Å². The minimum absolute atomic E-state index is 0.119. The van der Waals surface area contributed by atoms with Crippen LogP contribution in [0.4, 0.5) is 13.2 Å². The standard InChI is InChI=1S/C13H11F3N2O2/c1-18-11(6-10(17-18)12(19)20)9-4-2-3-8(5-9)7-13(14,15)16/h2-6H,7H2,1H3,(H,19,20). The highest BCUT2D eigenvalue weighted by Crippen LogP contribution is 2.25. The molecule has 20 heavy (non-hydrogen) atoms. The Balaban J connectivity index is 2.38. The summed E-state index contributed by atoms with van der Waals surface area (Å²) in [5.41, 5.74) is 0.914. The minimum atomic E-state index is -4.28. The van der Waals surface area contributed by atoms with Gasteiger partial charge in [-0.1, -0.05) is 18.2 Å². The molecule has 2 rings (SSSR count). The first-order valence-corrected chi connectivity index (χ1v) is 5.69. The topological polar surface area (TPSA) is 55.1 Å². The molecule has 0 amide bonds. The van der Waals surface area contributed by atoms with E-state index in [9.17, 15) is 18.0 Å². The van der Waals surface area contributed by atoms with Gasteiger partial charge in [0.05, 0.1) is 12.1 Å². The molecule has 1 aromatic carbocycles. The van der Waals surface area contributed by atoms with Gasteiger partial charge in [-0.25, -0.2) is 4.79 Å². The molecule has 106 valence electrons. The number of rotatable bonds is 3. The number of carboxylic acids is 1. The second kappa shape index (κ2) is 4.99. The average Bonchev–Trinajstić information content (AvgIpc) is 2.69. The van der Waals surface area contributed by atoms with Crippen LogP contribution in [0.15, 0.2) is 30.3 Å². The first-order chi connectivity index (χ1) is 9.26. The van der Waals surface area contributed by atoms with E-state index < -0.39 is 18.6 Å². The molecule has 0 saturated carbocycles. The highest BCUT2D eigenvalue weighted by molar-refractivity contribution is 5.87. The molecule has 1 aromatic heterocycles. The molecule has 0 aliphatic heterocycles. The monoisotopic (exact) mass is 284 g/mol. The van der Waals surface area contributed by atoms with Crippen molar-refractivity contribution in [1.29, 1.82) is 0 Å². The summed E-state index contributed by atoms with van der Waals surface area (Å²) < 4.78 is 38.4. The SMILES string of the molecule is Cn1nc(C(=O)O)cc1-c1cccc(CC(F)(F)F)c1. The summed E-state index contributed by atoms with van der Waals surface area (Å²) in [4.78, 5) is 10.8. The Morgan fingerprint density at radius 3 is 2.60 bits per heavy atom. The fraction of sp³-hybridized carbons (Fsp3) is 0.231. The summed E-state index contributed by atoms with van der Waals surface area (Å²) in [6.45, 7) is 0. The Labute approximate surface area is 112 Å². The van der Waals surface area contributed by atoms with Crippen LogP contribution in [0.25, 0.3) is 11.3 Å². The van der Waals surface area contributed by atoms with Crippen LogP contribution in [-0.2, 0) is 13.5 Å². The van der Waals surface area contributed by atoms with E-state index in [1.165, 1.54) is 36.0 Å². The van der Waals surface area contributed by atoms with Gasteiger partial charge in [-0.15, -0.1) is 0 Å². The maximum Gasteiger partial charge on any atom is 0.393 e. The van der Waals surface area contributed by atoms with E-state index in [0.29, 0.717) is 11.3 Å². The summed E-state index contributed by atoms with van der Waals surface area (Å²) >= 11 is 0. The van der Waals surface area contributed by atoms with Crippen LogP contribution in [-0.4, -0.2) is 27.0 Å². The predicted octanol–water partition coefficient (Wildman–Crippen LogP) is 2.89. The van der Waals surface area contributed by atoms with Crippen molar-refractivity contribution in [2.75, 3.05) is 0 Å². The number of hydrogen-bond acceptors (Lipinski definition) is 2. The smallest absolute Gasteiger partial charge is 0.393 e. The normalized spacial score (nSPS) is 11.6. The third-order valence-corrected chi connectivity index (χ3v) is 2.73. The molecule has 1 N–H and O–H groups in total. The summed E-state index contributed by atoms with van der Waals surface area (Å²) in [5.74, 6) is -1.18. The molecule has 0 bridgehead atoms. The van der Waals surface area contributed by atoms with Gasteiger partial charge >= 0.3 is 12.1 Å². The van der Waals surface area contributed by atoms with Crippen LogP contribution in [0.1, 0.15) is 16.1 Å². The molecule has 0 radical (unpaired) electrons. The summed E-state index contributed by atoms with van der Waals surface area (Å²) in [6, 6.07) is 7.21. The lowest BCUT2D eigenvalue weighted by Crippen LogP contribution is -2.11. The van der Waals surface area contributed by atoms with Gasteiger partial charge in [-0.3, -0.25) is 4.68 Å². The van der Waals surface area contributed by atoms with Gasteiger partial charge in [0, 0.05) is 12.6 Å². The highest BCUT2D eigenvalue weighted by atomic mass is 19.4. The molecule has 0 saturated heterocycles. The molecule has 0 unspecified atom stereocenters. The summed E-state index contributed by atoms with van der Waals surface area (Å²) in [7, 11) is 1.54. The molecule has 2 aromatic rings. The molecule has 0 spiro atoms. The number of carbonyl (C=O) groups is 1. The number of hydrogen-bond donors (Lipinski definition) is 1. The number of aryl methyl sites for hydroxylation is 1. The average molecular weight is 284 g/mol. The van der Waals surface area contributed by atoms with Crippen LogP contribution in [0.5, 0.6) is 0 Å². The third-order valence-electron chi connectivity index (χ3n) is 2.73. The van der Waals surface area contributed by atoms with Gasteiger partial charge in [-0.2, -0.15) is 18.3 Å². The van der Waals surface area contributed by atoms with E-state index in [1.54, 1.807) is 6.07 Å². The maximum atomic E-state index is 12.4. The quantitative estimate of drug-likeness (QED) is 0.942. The number of aromatic carboxylic acids is 1. The molecular weight excluding hydrogens is 273 g/mol. The number of alkyl halides is 3. The number of nitrogens with zero attached hydrogens (tertiary/aromatic N) is 2. The predicted molar refractivity (Wildman–Crippen MR) is 65.4 cm³/mol. The van der Waals surface area contributed by atoms with Crippen LogP contribution in [0.2, 0.25) is 0 Å². The molecule has 1 heterocycles. The third kappa shape index (κ3) is 3.17. The molecule has 7 heteroatoms. The van der Waals surface area contributed by atoms with Crippen LogP contribution in [0.3, 0.4) is 0 Å². The van der Waals surface area contributed by atoms with Crippen LogP contribution in [0, 0.1) is 0 Å². The molecule has 0 aliphatic rings. The summed E-state index contributed by atoms with van der Waals surface area (Å²) in [5, 5.41) is 12.6. The van der Waals surface area contributed by atoms with Crippen molar-refractivity contribution in [3.05, 3.63) is 41.6 Å². The van der Waals surface area contributed by atoms with Gasteiger partial charge in [-0.05, 0) is 17.7 Å². The van der Waals surface area contributed by atoms with E-state index in [4.69, 9.17) is 5.11 Å². The minimum Gasteiger partial charge on any atom is -0.476 e. The Kier molecular flexibility index (Phi) is 3.52. The molecule has 0 atom stereocenters. The number of aromatic nitrogens is 2. The molecular formula is C13H11F3N2O2.